The van der Waals surface area contributed by atoms with Crippen molar-refractivity contribution >= 4 is 16.7 Å². The molecule has 0 spiro atoms. The lowest BCUT2D eigenvalue weighted by atomic mass is 10.0. The van der Waals surface area contributed by atoms with Gasteiger partial charge < -0.3 is 10.1 Å². The molecular weight excluding hydrogens is 318 g/mol. The smallest absolute Gasteiger partial charge is 0.267 e. The Kier molecular flexibility index (Phi) is 5.20. The van der Waals surface area contributed by atoms with Crippen LogP contribution in [-0.2, 0) is 16.1 Å². The number of amides is 1. The van der Waals surface area contributed by atoms with E-state index in [1.165, 1.54) is 10.7 Å². The fraction of sp³-hybridized carbons (Fsp3) is 0.211. The Labute approximate surface area is 145 Å². The zero-order chi connectivity index (χ0) is 17.6. The molecule has 0 bridgehead atoms. The molecule has 0 saturated carbocycles. The normalized spacial score (nSPS) is 10.8. The van der Waals surface area contributed by atoms with Crippen molar-refractivity contribution in [3.8, 4) is 11.3 Å². The molecule has 0 aliphatic rings. The number of carbonyl (C=O) groups excluding carboxylic acids is 1. The minimum absolute atomic E-state index is 0.124. The maximum Gasteiger partial charge on any atom is 0.267 e. The van der Waals surface area contributed by atoms with Gasteiger partial charge in [-0.15, -0.1) is 0 Å². The summed E-state index contributed by atoms with van der Waals surface area (Å²) in [6.07, 6.45) is 0. The SMILES string of the molecule is COCCNC(=O)Cn1nc(-c2cccc3ccccc23)ccc1=O. The number of aromatic nitrogens is 2. The number of rotatable bonds is 6. The largest absolute Gasteiger partial charge is 0.383 e. The number of fused-ring (bicyclic) bond motifs is 1. The molecule has 0 aliphatic carbocycles. The molecule has 6 nitrogen and oxygen atoms in total. The van der Waals surface area contributed by atoms with Crippen LogP contribution in [0.4, 0.5) is 0 Å². The lowest BCUT2D eigenvalue weighted by Gasteiger charge is -2.09. The molecule has 0 atom stereocenters. The molecule has 1 amide bonds. The standard InChI is InChI=1S/C19H19N3O3/c1-25-12-11-20-18(23)13-22-19(24)10-9-17(21-22)16-8-4-6-14-5-2-3-7-15(14)16/h2-10H,11-13H2,1H3,(H,20,23). The third-order valence-corrected chi connectivity index (χ3v) is 3.85. The second-order valence-corrected chi connectivity index (χ2v) is 5.58. The highest BCUT2D eigenvalue weighted by molar-refractivity contribution is 5.95. The Morgan fingerprint density at radius 1 is 1.12 bits per heavy atom. The summed E-state index contributed by atoms with van der Waals surface area (Å²) < 4.78 is 6.06. The van der Waals surface area contributed by atoms with E-state index in [2.05, 4.69) is 10.4 Å². The average molecular weight is 337 g/mol. The summed E-state index contributed by atoms with van der Waals surface area (Å²) in [5.74, 6) is -0.276. The second-order valence-electron chi connectivity index (χ2n) is 5.58. The number of nitrogens with one attached hydrogen (secondary N) is 1. The van der Waals surface area contributed by atoms with Crippen LogP contribution in [0.2, 0.25) is 0 Å². The molecule has 3 aromatic rings. The number of benzene rings is 2. The minimum atomic E-state index is -0.314. The van der Waals surface area contributed by atoms with Crippen LogP contribution in [0.5, 0.6) is 0 Å². The first-order valence-corrected chi connectivity index (χ1v) is 8.01. The van der Waals surface area contributed by atoms with E-state index in [0.29, 0.717) is 18.8 Å². The molecule has 0 unspecified atom stereocenters. The van der Waals surface area contributed by atoms with E-state index in [4.69, 9.17) is 4.74 Å². The first-order chi connectivity index (χ1) is 12.2. The Hall–Kier alpha value is -2.99. The van der Waals surface area contributed by atoms with Gasteiger partial charge in [0.25, 0.3) is 5.56 Å². The van der Waals surface area contributed by atoms with Crippen molar-refractivity contribution in [2.24, 2.45) is 0 Å². The van der Waals surface area contributed by atoms with Gasteiger partial charge in [-0.3, -0.25) is 9.59 Å². The van der Waals surface area contributed by atoms with Gasteiger partial charge in [-0.25, -0.2) is 4.68 Å². The molecule has 0 aliphatic heterocycles. The second kappa shape index (κ2) is 7.72. The van der Waals surface area contributed by atoms with Crippen molar-refractivity contribution in [3.05, 3.63) is 65.0 Å². The lowest BCUT2D eigenvalue weighted by molar-refractivity contribution is -0.122. The predicted molar refractivity (Wildman–Crippen MR) is 96.3 cm³/mol. The van der Waals surface area contributed by atoms with Crippen LogP contribution in [-0.4, -0.2) is 35.9 Å². The van der Waals surface area contributed by atoms with E-state index >= 15 is 0 Å². The Balaban J connectivity index is 1.91. The van der Waals surface area contributed by atoms with Crippen molar-refractivity contribution < 1.29 is 9.53 Å². The molecule has 2 aromatic carbocycles. The van der Waals surface area contributed by atoms with E-state index in [0.717, 1.165) is 16.3 Å². The summed E-state index contributed by atoms with van der Waals surface area (Å²) >= 11 is 0. The number of carbonyl (C=O) groups is 1. The summed E-state index contributed by atoms with van der Waals surface area (Å²) in [6.45, 7) is 0.693. The zero-order valence-electron chi connectivity index (χ0n) is 13.9. The number of hydrogen-bond acceptors (Lipinski definition) is 4. The highest BCUT2D eigenvalue weighted by Crippen LogP contribution is 2.26. The zero-order valence-corrected chi connectivity index (χ0v) is 13.9. The van der Waals surface area contributed by atoms with E-state index in [1.54, 1.807) is 13.2 Å². The number of nitrogens with zero attached hydrogens (tertiary/aromatic N) is 2. The summed E-state index contributed by atoms with van der Waals surface area (Å²) in [4.78, 5) is 24.0. The van der Waals surface area contributed by atoms with Crippen molar-refractivity contribution in [3.63, 3.8) is 0 Å². The topological polar surface area (TPSA) is 73.2 Å². The molecule has 0 radical (unpaired) electrons. The molecule has 1 N–H and O–H groups in total. The fourth-order valence-electron chi connectivity index (χ4n) is 2.64. The Morgan fingerprint density at radius 3 is 2.76 bits per heavy atom. The average Bonchev–Trinajstić information content (AvgIpc) is 2.63. The van der Waals surface area contributed by atoms with Gasteiger partial charge >= 0.3 is 0 Å². The van der Waals surface area contributed by atoms with Crippen molar-refractivity contribution in [1.29, 1.82) is 0 Å². The maximum absolute atomic E-state index is 12.0. The summed E-state index contributed by atoms with van der Waals surface area (Å²) in [5.41, 5.74) is 1.26. The van der Waals surface area contributed by atoms with Crippen molar-refractivity contribution in [2.75, 3.05) is 20.3 Å². The van der Waals surface area contributed by atoms with Gasteiger partial charge in [-0.1, -0.05) is 42.5 Å². The molecular formula is C19H19N3O3. The van der Waals surface area contributed by atoms with Crippen LogP contribution >= 0.6 is 0 Å². The molecule has 128 valence electrons. The first kappa shape index (κ1) is 16.9. The van der Waals surface area contributed by atoms with Crippen molar-refractivity contribution in [2.45, 2.75) is 6.54 Å². The van der Waals surface area contributed by atoms with E-state index in [9.17, 15) is 9.59 Å². The van der Waals surface area contributed by atoms with Gasteiger partial charge in [0.15, 0.2) is 0 Å². The Bertz CT molecular complexity index is 945. The third kappa shape index (κ3) is 3.92. The van der Waals surface area contributed by atoms with E-state index in [1.807, 2.05) is 42.5 Å². The first-order valence-electron chi connectivity index (χ1n) is 8.01. The quantitative estimate of drug-likeness (QED) is 0.697. The van der Waals surface area contributed by atoms with Crippen molar-refractivity contribution in [1.82, 2.24) is 15.1 Å². The third-order valence-electron chi connectivity index (χ3n) is 3.85. The van der Waals surface area contributed by atoms with Crippen LogP contribution < -0.4 is 10.9 Å². The molecule has 0 fully saturated rings. The van der Waals surface area contributed by atoms with Crippen LogP contribution in [0.15, 0.2) is 59.4 Å². The number of hydrogen-bond donors (Lipinski definition) is 1. The lowest BCUT2D eigenvalue weighted by Crippen LogP contribution is -2.35. The Morgan fingerprint density at radius 2 is 1.92 bits per heavy atom. The fourth-order valence-corrected chi connectivity index (χ4v) is 2.64. The molecule has 6 heteroatoms. The number of methoxy groups -OCH3 is 1. The van der Waals surface area contributed by atoms with Crippen LogP contribution in [0.3, 0.4) is 0 Å². The highest BCUT2D eigenvalue weighted by atomic mass is 16.5. The van der Waals surface area contributed by atoms with E-state index in [-0.39, 0.29) is 18.0 Å². The van der Waals surface area contributed by atoms with Gasteiger partial charge in [-0.05, 0) is 16.8 Å². The molecule has 25 heavy (non-hydrogen) atoms. The van der Waals surface area contributed by atoms with Crippen LogP contribution in [0.25, 0.3) is 22.0 Å². The van der Waals surface area contributed by atoms with Crippen LogP contribution in [0.1, 0.15) is 0 Å². The monoisotopic (exact) mass is 337 g/mol. The molecule has 3 rings (SSSR count). The van der Waals surface area contributed by atoms with Gasteiger partial charge in [0, 0.05) is 25.3 Å². The summed E-state index contributed by atoms with van der Waals surface area (Å²) in [5, 5.41) is 9.20. The molecule has 0 saturated heterocycles. The number of ether oxygens (including phenoxy) is 1. The van der Waals surface area contributed by atoms with Gasteiger partial charge in [0.2, 0.25) is 5.91 Å². The van der Waals surface area contributed by atoms with Crippen LogP contribution in [0, 0.1) is 0 Å². The van der Waals surface area contributed by atoms with Gasteiger partial charge in [-0.2, -0.15) is 5.10 Å². The minimum Gasteiger partial charge on any atom is -0.383 e. The predicted octanol–water partition coefficient (Wildman–Crippen LogP) is 1.83. The highest BCUT2D eigenvalue weighted by Gasteiger charge is 2.09. The maximum atomic E-state index is 12.0. The molecule has 1 aromatic heterocycles. The van der Waals surface area contributed by atoms with Gasteiger partial charge in [0.1, 0.15) is 6.54 Å². The molecule has 1 heterocycles. The van der Waals surface area contributed by atoms with Gasteiger partial charge in [0.05, 0.1) is 12.3 Å². The summed E-state index contributed by atoms with van der Waals surface area (Å²) in [7, 11) is 1.56. The summed E-state index contributed by atoms with van der Waals surface area (Å²) in [6, 6.07) is 17.0. The van der Waals surface area contributed by atoms with E-state index < -0.39 is 0 Å².